The molecule has 21 heavy (non-hydrogen) atoms. The average molecular weight is 304 g/mol. The van der Waals surface area contributed by atoms with E-state index >= 15 is 0 Å². The molecule has 1 unspecified atom stereocenters. The number of rotatable bonds is 6. The normalized spacial score (nSPS) is 13.0. The van der Waals surface area contributed by atoms with Gasteiger partial charge in [-0.2, -0.15) is 16.4 Å². The molecular formula is C15H20N4OS. The highest BCUT2D eigenvalue weighted by Gasteiger charge is 2.14. The summed E-state index contributed by atoms with van der Waals surface area (Å²) in [5.41, 5.74) is 2.14. The molecule has 2 aromatic heterocycles. The van der Waals surface area contributed by atoms with Crippen LogP contribution in [0, 0.1) is 0 Å². The number of carbonyl (C=O) groups excluding carboxylic acids is 1. The molecule has 0 aliphatic carbocycles. The monoisotopic (exact) mass is 304 g/mol. The maximum Gasteiger partial charge on any atom is 0.244 e. The molecule has 0 saturated heterocycles. The van der Waals surface area contributed by atoms with Crippen LogP contribution >= 0.6 is 11.3 Å². The number of amides is 1. The first-order valence-electron chi connectivity index (χ1n) is 6.69. The van der Waals surface area contributed by atoms with Crippen molar-refractivity contribution in [2.45, 2.75) is 6.04 Å². The summed E-state index contributed by atoms with van der Waals surface area (Å²) in [6.45, 7) is 0.583. The third-order valence-corrected chi connectivity index (χ3v) is 3.87. The lowest BCUT2D eigenvalue weighted by Gasteiger charge is -2.23. The molecule has 0 aliphatic rings. The Morgan fingerprint density at radius 2 is 2.38 bits per heavy atom. The van der Waals surface area contributed by atoms with Gasteiger partial charge in [0.25, 0.3) is 0 Å². The minimum atomic E-state index is -0.0964. The van der Waals surface area contributed by atoms with Gasteiger partial charge in [-0.15, -0.1) is 0 Å². The van der Waals surface area contributed by atoms with E-state index in [1.807, 2.05) is 27.3 Å². The van der Waals surface area contributed by atoms with Crippen LogP contribution in [0.2, 0.25) is 0 Å². The highest BCUT2D eigenvalue weighted by molar-refractivity contribution is 7.07. The predicted octanol–water partition coefficient (Wildman–Crippen LogP) is 1.91. The zero-order valence-electron chi connectivity index (χ0n) is 12.5. The van der Waals surface area contributed by atoms with Gasteiger partial charge in [0, 0.05) is 31.4 Å². The van der Waals surface area contributed by atoms with Crippen LogP contribution in [-0.4, -0.2) is 41.2 Å². The summed E-state index contributed by atoms with van der Waals surface area (Å²) in [5, 5.41) is 11.2. The molecule has 2 aromatic rings. The van der Waals surface area contributed by atoms with E-state index < -0.39 is 0 Å². The number of nitrogens with zero attached hydrogens (tertiary/aromatic N) is 3. The minimum Gasteiger partial charge on any atom is -0.351 e. The fourth-order valence-electron chi connectivity index (χ4n) is 2.02. The van der Waals surface area contributed by atoms with Crippen molar-refractivity contribution < 1.29 is 4.79 Å². The molecule has 0 aliphatic heterocycles. The van der Waals surface area contributed by atoms with Gasteiger partial charge in [0.2, 0.25) is 5.91 Å². The lowest BCUT2D eigenvalue weighted by atomic mass is 10.1. The molecule has 1 N–H and O–H groups in total. The van der Waals surface area contributed by atoms with Gasteiger partial charge in [0.05, 0.1) is 12.2 Å². The summed E-state index contributed by atoms with van der Waals surface area (Å²) >= 11 is 1.67. The molecule has 0 bridgehead atoms. The topological polar surface area (TPSA) is 50.2 Å². The quantitative estimate of drug-likeness (QED) is 0.830. The lowest BCUT2D eigenvalue weighted by molar-refractivity contribution is -0.116. The van der Waals surface area contributed by atoms with Crippen molar-refractivity contribution >= 4 is 23.3 Å². The summed E-state index contributed by atoms with van der Waals surface area (Å²) in [6.07, 6.45) is 6.88. The first-order valence-corrected chi connectivity index (χ1v) is 7.63. The van der Waals surface area contributed by atoms with E-state index in [2.05, 4.69) is 32.1 Å². The standard InChI is InChI=1S/C15H20N4OS/c1-18(2)14(13-6-7-21-11-13)9-16-15(20)5-4-12-8-17-19(3)10-12/h4-8,10-11,14H,9H2,1-3H3,(H,16,20). The van der Waals surface area contributed by atoms with Crippen LogP contribution in [0.25, 0.3) is 6.08 Å². The highest BCUT2D eigenvalue weighted by Crippen LogP contribution is 2.19. The van der Waals surface area contributed by atoms with Gasteiger partial charge in [0.15, 0.2) is 0 Å². The zero-order valence-corrected chi connectivity index (χ0v) is 13.3. The number of hydrogen-bond donors (Lipinski definition) is 1. The first kappa shape index (κ1) is 15.5. The molecule has 0 spiro atoms. The van der Waals surface area contributed by atoms with Gasteiger partial charge in [-0.3, -0.25) is 9.48 Å². The largest absolute Gasteiger partial charge is 0.351 e. The number of aromatic nitrogens is 2. The van der Waals surface area contributed by atoms with Crippen LogP contribution in [0.1, 0.15) is 17.2 Å². The molecule has 112 valence electrons. The van der Waals surface area contributed by atoms with Crippen molar-refractivity contribution in [3.8, 4) is 0 Å². The Bertz CT molecular complexity index is 601. The molecule has 0 fully saturated rings. The lowest BCUT2D eigenvalue weighted by Crippen LogP contribution is -2.33. The molecule has 0 saturated carbocycles. The Labute approximate surface area is 128 Å². The van der Waals surface area contributed by atoms with Gasteiger partial charge in [-0.25, -0.2) is 0 Å². The van der Waals surface area contributed by atoms with E-state index in [0.717, 1.165) is 5.56 Å². The van der Waals surface area contributed by atoms with E-state index in [-0.39, 0.29) is 11.9 Å². The molecule has 0 radical (unpaired) electrons. The summed E-state index contributed by atoms with van der Waals surface area (Å²) in [4.78, 5) is 14.0. The van der Waals surface area contributed by atoms with E-state index in [0.29, 0.717) is 6.54 Å². The SMILES string of the molecule is CN(C)C(CNC(=O)C=Cc1cnn(C)c1)c1ccsc1. The fraction of sp³-hybridized carbons (Fsp3) is 0.333. The molecular weight excluding hydrogens is 284 g/mol. The van der Waals surface area contributed by atoms with Crippen molar-refractivity contribution in [3.63, 3.8) is 0 Å². The minimum absolute atomic E-state index is 0.0964. The molecule has 5 nitrogen and oxygen atoms in total. The van der Waals surface area contributed by atoms with Gasteiger partial charge in [0.1, 0.15) is 0 Å². The number of aryl methyl sites for hydroxylation is 1. The van der Waals surface area contributed by atoms with Crippen LogP contribution in [0.15, 0.2) is 35.3 Å². The zero-order chi connectivity index (χ0) is 15.2. The smallest absolute Gasteiger partial charge is 0.244 e. The van der Waals surface area contributed by atoms with Gasteiger partial charge in [-0.05, 0) is 42.6 Å². The van der Waals surface area contributed by atoms with Crippen molar-refractivity contribution in [1.29, 1.82) is 0 Å². The second kappa shape index (κ2) is 7.19. The molecule has 2 heterocycles. The highest BCUT2D eigenvalue weighted by atomic mass is 32.1. The van der Waals surface area contributed by atoms with Crippen molar-refractivity contribution in [2.75, 3.05) is 20.6 Å². The van der Waals surface area contributed by atoms with Crippen LogP contribution in [0.5, 0.6) is 0 Å². The number of likely N-dealkylation sites (N-methyl/N-ethyl adjacent to an activating group) is 1. The second-order valence-electron chi connectivity index (χ2n) is 5.06. The Hall–Kier alpha value is -1.92. The van der Waals surface area contributed by atoms with Crippen LogP contribution < -0.4 is 5.32 Å². The average Bonchev–Trinajstić information content (AvgIpc) is 3.08. The van der Waals surface area contributed by atoms with Crippen molar-refractivity contribution in [1.82, 2.24) is 20.0 Å². The van der Waals surface area contributed by atoms with Crippen LogP contribution in [0.4, 0.5) is 0 Å². The predicted molar refractivity (Wildman–Crippen MR) is 86.0 cm³/mol. The molecule has 1 atom stereocenters. The Morgan fingerprint density at radius 1 is 1.57 bits per heavy atom. The van der Waals surface area contributed by atoms with E-state index in [4.69, 9.17) is 0 Å². The fourth-order valence-corrected chi connectivity index (χ4v) is 2.72. The van der Waals surface area contributed by atoms with Crippen LogP contribution in [0.3, 0.4) is 0 Å². The van der Waals surface area contributed by atoms with E-state index in [1.54, 1.807) is 28.3 Å². The summed E-state index contributed by atoms with van der Waals surface area (Å²) in [7, 11) is 5.87. The van der Waals surface area contributed by atoms with Gasteiger partial charge < -0.3 is 10.2 Å². The summed E-state index contributed by atoms with van der Waals surface area (Å²) in [5.74, 6) is -0.0964. The maximum absolute atomic E-state index is 11.9. The summed E-state index contributed by atoms with van der Waals surface area (Å²) < 4.78 is 1.70. The number of thiophene rings is 1. The molecule has 6 heteroatoms. The number of hydrogen-bond acceptors (Lipinski definition) is 4. The molecule has 0 aromatic carbocycles. The number of nitrogens with one attached hydrogen (secondary N) is 1. The second-order valence-corrected chi connectivity index (χ2v) is 5.84. The molecule has 2 rings (SSSR count). The van der Waals surface area contributed by atoms with Crippen LogP contribution in [-0.2, 0) is 11.8 Å². The first-order chi connectivity index (χ1) is 10.1. The van der Waals surface area contributed by atoms with Crippen molar-refractivity contribution in [2.24, 2.45) is 7.05 Å². The Balaban J connectivity index is 1.89. The van der Waals surface area contributed by atoms with Crippen molar-refractivity contribution in [3.05, 3.63) is 46.4 Å². The van der Waals surface area contributed by atoms with Gasteiger partial charge >= 0.3 is 0 Å². The number of carbonyl (C=O) groups is 1. The Kier molecular flexibility index (Phi) is 5.30. The maximum atomic E-state index is 11.9. The van der Waals surface area contributed by atoms with Gasteiger partial charge in [-0.1, -0.05) is 0 Å². The van der Waals surface area contributed by atoms with E-state index in [9.17, 15) is 4.79 Å². The Morgan fingerprint density at radius 3 is 2.95 bits per heavy atom. The van der Waals surface area contributed by atoms with E-state index in [1.165, 1.54) is 11.6 Å². The third-order valence-electron chi connectivity index (χ3n) is 3.17. The molecule has 1 amide bonds. The summed E-state index contributed by atoms with van der Waals surface area (Å²) in [6, 6.07) is 2.28. The third kappa shape index (κ3) is 4.54.